The minimum absolute atomic E-state index is 0.0710. The van der Waals surface area contributed by atoms with Crippen LogP contribution in [0.4, 0.5) is 11.4 Å². The molecule has 18 heavy (non-hydrogen) atoms. The van der Waals surface area contributed by atoms with E-state index in [0.717, 1.165) is 15.9 Å². The minimum atomic E-state index is -3.06. The van der Waals surface area contributed by atoms with Gasteiger partial charge in [-0.3, -0.25) is 0 Å². The molecule has 0 amide bonds. The summed E-state index contributed by atoms with van der Waals surface area (Å²) in [7, 11) is -3.06. The van der Waals surface area contributed by atoms with Gasteiger partial charge in [-0.15, -0.1) is 11.3 Å². The quantitative estimate of drug-likeness (QED) is 0.817. The van der Waals surface area contributed by atoms with Gasteiger partial charge in [-0.05, 0) is 12.1 Å². The molecule has 0 fully saturated rings. The Morgan fingerprint density at radius 3 is 3.00 bits per heavy atom. The lowest BCUT2D eigenvalue weighted by molar-refractivity contribution is 0.605. The molecule has 3 rings (SSSR count). The number of nitrogens with zero attached hydrogens (tertiary/aromatic N) is 1. The van der Waals surface area contributed by atoms with Gasteiger partial charge in [0.25, 0.3) is 0 Å². The number of fused-ring (bicyclic) bond motifs is 1. The summed E-state index contributed by atoms with van der Waals surface area (Å²) in [6, 6.07) is 3.56. The monoisotopic (exact) mass is 281 g/mol. The first-order valence-electron chi connectivity index (χ1n) is 5.34. The third-order valence-corrected chi connectivity index (χ3v) is 5.00. The van der Waals surface area contributed by atoms with Gasteiger partial charge < -0.3 is 11.1 Å². The van der Waals surface area contributed by atoms with Crippen molar-refractivity contribution < 1.29 is 8.42 Å². The van der Waals surface area contributed by atoms with Crippen molar-refractivity contribution in [2.24, 2.45) is 0 Å². The molecule has 0 radical (unpaired) electrons. The average Bonchev–Trinajstić information content (AvgIpc) is 2.89. The largest absolute Gasteiger partial charge is 0.395 e. The fourth-order valence-corrected chi connectivity index (χ4v) is 3.87. The Balaban J connectivity index is 1.92. The predicted molar refractivity (Wildman–Crippen MR) is 74.4 cm³/mol. The van der Waals surface area contributed by atoms with Crippen molar-refractivity contribution in [1.82, 2.24) is 4.98 Å². The zero-order valence-electron chi connectivity index (χ0n) is 9.33. The van der Waals surface area contributed by atoms with Gasteiger partial charge in [0.05, 0.1) is 33.4 Å². The lowest BCUT2D eigenvalue weighted by Crippen LogP contribution is -2.21. The van der Waals surface area contributed by atoms with Crippen molar-refractivity contribution in [3.8, 4) is 0 Å². The summed E-state index contributed by atoms with van der Waals surface area (Å²) in [6.45, 7) is 0. The molecule has 0 aliphatic carbocycles. The highest BCUT2D eigenvalue weighted by molar-refractivity contribution is 7.94. The van der Waals surface area contributed by atoms with Crippen LogP contribution in [0.2, 0.25) is 0 Å². The highest BCUT2D eigenvalue weighted by Crippen LogP contribution is 2.30. The SMILES string of the molecule is Nc1c(NC2C=CS(=O)(=O)C2)ccc2scnc12. The van der Waals surface area contributed by atoms with Crippen molar-refractivity contribution in [2.45, 2.75) is 6.04 Å². The second-order valence-corrected chi connectivity index (χ2v) is 6.95. The molecule has 0 spiro atoms. The van der Waals surface area contributed by atoms with E-state index in [1.807, 2.05) is 12.1 Å². The number of hydrogen-bond donors (Lipinski definition) is 2. The molecule has 1 aliphatic rings. The average molecular weight is 281 g/mol. The van der Waals surface area contributed by atoms with Crippen molar-refractivity contribution in [2.75, 3.05) is 16.8 Å². The van der Waals surface area contributed by atoms with E-state index in [1.165, 1.54) is 16.7 Å². The van der Waals surface area contributed by atoms with Crippen LogP contribution in [0, 0.1) is 0 Å². The van der Waals surface area contributed by atoms with Crippen LogP contribution < -0.4 is 11.1 Å². The van der Waals surface area contributed by atoms with Crippen LogP contribution in [-0.2, 0) is 9.84 Å². The maximum absolute atomic E-state index is 11.3. The van der Waals surface area contributed by atoms with E-state index in [2.05, 4.69) is 10.3 Å². The summed E-state index contributed by atoms with van der Waals surface area (Å²) in [5.41, 5.74) is 9.80. The summed E-state index contributed by atoms with van der Waals surface area (Å²) < 4.78 is 23.7. The third kappa shape index (κ3) is 1.95. The molecule has 1 unspecified atom stereocenters. The summed E-state index contributed by atoms with van der Waals surface area (Å²) >= 11 is 1.52. The van der Waals surface area contributed by atoms with E-state index in [4.69, 9.17) is 5.73 Å². The maximum Gasteiger partial charge on any atom is 0.173 e. The van der Waals surface area contributed by atoms with Crippen LogP contribution in [0.1, 0.15) is 0 Å². The number of anilines is 2. The molecule has 1 aromatic heterocycles. The minimum Gasteiger partial charge on any atom is -0.395 e. The second-order valence-electron chi connectivity index (χ2n) is 4.13. The smallest absolute Gasteiger partial charge is 0.173 e. The molecule has 1 aliphatic heterocycles. The summed E-state index contributed by atoms with van der Waals surface area (Å²) in [4.78, 5) is 4.20. The standard InChI is InChI=1S/C11H11N3O2S2/c12-10-8(1-2-9-11(10)13-6-17-9)14-7-3-4-18(15,16)5-7/h1-4,6-7,14H,5,12H2. The fraction of sp³-hybridized carbons (Fsp3) is 0.182. The topological polar surface area (TPSA) is 85.1 Å². The normalized spacial score (nSPS) is 21.4. The first kappa shape index (κ1) is 11.5. The molecule has 1 aromatic carbocycles. The van der Waals surface area contributed by atoms with E-state index >= 15 is 0 Å². The number of nitrogens with two attached hydrogens (primary N) is 1. The lowest BCUT2D eigenvalue weighted by Gasteiger charge is -2.13. The van der Waals surface area contributed by atoms with Crippen molar-refractivity contribution >= 4 is 42.8 Å². The third-order valence-electron chi connectivity index (χ3n) is 2.81. The molecular formula is C11H11N3O2S2. The Hall–Kier alpha value is -1.60. The van der Waals surface area contributed by atoms with Crippen LogP contribution in [0.5, 0.6) is 0 Å². The van der Waals surface area contributed by atoms with Gasteiger partial charge in [-0.2, -0.15) is 0 Å². The first-order valence-corrected chi connectivity index (χ1v) is 7.94. The summed E-state index contributed by atoms with van der Waals surface area (Å²) in [5, 5.41) is 4.36. The van der Waals surface area contributed by atoms with Crippen LogP contribution in [-0.4, -0.2) is 25.2 Å². The lowest BCUT2D eigenvalue weighted by atomic mass is 10.2. The summed E-state index contributed by atoms with van der Waals surface area (Å²) in [6.07, 6.45) is 1.64. The number of nitrogens with one attached hydrogen (secondary N) is 1. The van der Waals surface area contributed by atoms with Crippen LogP contribution in [0.3, 0.4) is 0 Å². The van der Waals surface area contributed by atoms with Crippen molar-refractivity contribution in [3.05, 3.63) is 29.1 Å². The van der Waals surface area contributed by atoms with Crippen molar-refractivity contribution in [3.63, 3.8) is 0 Å². The molecule has 0 saturated carbocycles. The van der Waals surface area contributed by atoms with Crippen LogP contribution >= 0.6 is 11.3 Å². The molecule has 5 nitrogen and oxygen atoms in total. The molecular weight excluding hydrogens is 270 g/mol. The fourth-order valence-electron chi connectivity index (χ4n) is 1.94. The van der Waals surface area contributed by atoms with E-state index in [-0.39, 0.29) is 11.8 Å². The Labute approximate surface area is 108 Å². The highest BCUT2D eigenvalue weighted by atomic mass is 32.2. The Morgan fingerprint density at radius 2 is 2.28 bits per heavy atom. The Morgan fingerprint density at radius 1 is 1.44 bits per heavy atom. The first-order chi connectivity index (χ1) is 8.55. The number of hydrogen-bond acceptors (Lipinski definition) is 6. The van der Waals surface area contributed by atoms with Crippen LogP contribution in [0.15, 0.2) is 29.1 Å². The Kier molecular flexibility index (Phi) is 2.53. The van der Waals surface area contributed by atoms with Crippen molar-refractivity contribution in [1.29, 1.82) is 0 Å². The van der Waals surface area contributed by atoms with Gasteiger partial charge in [0.15, 0.2) is 9.84 Å². The zero-order chi connectivity index (χ0) is 12.8. The maximum atomic E-state index is 11.3. The van der Waals surface area contributed by atoms with Gasteiger partial charge in [0.2, 0.25) is 0 Å². The molecule has 3 N–H and O–H groups in total. The highest BCUT2D eigenvalue weighted by Gasteiger charge is 2.22. The van der Waals surface area contributed by atoms with E-state index in [9.17, 15) is 8.42 Å². The van der Waals surface area contributed by atoms with Gasteiger partial charge in [-0.25, -0.2) is 13.4 Å². The summed E-state index contributed by atoms with van der Waals surface area (Å²) in [5.74, 6) is 0.0710. The van der Waals surface area contributed by atoms with Gasteiger partial charge in [-0.1, -0.05) is 6.08 Å². The molecule has 94 valence electrons. The Bertz CT molecular complexity index is 734. The molecule has 2 heterocycles. The van der Waals surface area contributed by atoms with E-state index in [1.54, 1.807) is 11.6 Å². The number of aromatic nitrogens is 1. The molecule has 1 atom stereocenters. The number of sulfone groups is 1. The number of thiazole rings is 1. The van der Waals surface area contributed by atoms with Crippen LogP contribution in [0.25, 0.3) is 10.2 Å². The molecule has 0 saturated heterocycles. The second kappa shape index (κ2) is 3.96. The zero-order valence-corrected chi connectivity index (χ0v) is 11.0. The molecule has 7 heteroatoms. The van der Waals surface area contributed by atoms with Gasteiger partial charge in [0, 0.05) is 5.41 Å². The van der Waals surface area contributed by atoms with E-state index < -0.39 is 9.84 Å². The number of rotatable bonds is 2. The van der Waals surface area contributed by atoms with E-state index in [0.29, 0.717) is 5.69 Å². The predicted octanol–water partition coefficient (Wildman–Crippen LogP) is 1.60. The van der Waals surface area contributed by atoms with Gasteiger partial charge in [0.1, 0.15) is 5.52 Å². The molecule has 2 aromatic rings. The number of nitrogen functional groups attached to an aromatic ring is 1. The molecule has 0 bridgehead atoms. The number of benzene rings is 1. The van der Waals surface area contributed by atoms with Gasteiger partial charge >= 0.3 is 0 Å².